The van der Waals surface area contributed by atoms with Crippen molar-refractivity contribution in [1.82, 2.24) is 4.98 Å². The molecule has 2 aromatic carbocycles. The molecule has 0 fully saturated rings. The summed E-state index contributed by atoms with van der Waals surface area (Å²) in [5, 5.41) is 4.95. The number of carbonyl (C=O) groups excluding carboxylic acids is 2. The van der Waals surface area contributed by atoms with Crippen molar-refractivity contribution < 1.29 is 19.1 Å². The van der Waals surface area contributed by atoms with Crippen LogP contribution in [-0.4, -0.2) is 30.1 Å². The number of carbonyl (C=O) groups is 2. The van der Waals surface area contributed by atoms with Gasteiger partial charge in [-0.25, -0.2) is 9.78 Å². The second kappa shape index (κ2) is 10.0. The first-order valence-electron chi connectivity index (χ1n) is 9.62. The number of hydrogen-bond donors (Lipinski definition) is 1. The van der Waals surface area contributed by atoms with Crippen LogP contribution in [0.3, 0.4) is 0 Å². The summed E-state index contributed by atoms with van der Waals surface area (Å²) >= 11 is 1.31. The Morgan fingerprint density at radius 2 is 1.87 bits per heavy atom. The third kappa shape index (κ3) is 5.90. The lowest BCUT2D eigenvalue weighted by molar-refractivity contribution is -0.149. The lowest BCUT2D eigenvalue weighted by atomic mass is 10.0. The van der Waals surface area contributed by atoms with E-state index in [1.165, 1.54) is 11.3 Å². The molecule has 0 bridgehead atoms. The molecule has 0 aliphatic carbocycles. The Hall–Kier alpha value is -3.19. The highest BCUT2D eigenvalue weighted by molar-refractivity contribution is 7.14. The van der Waals surface area contributed by atoms with E-state index in [1.54, 1.807) is 0 Å². The van der Waals surface area contributed by atoms with Gasteiger partial charge in [0.15, 0.2) is 18.3 Å². The molecule has 156 valence electrons. The van der Waals surface area contributed by atoms with Gasteiger partial charge in [-0.3, -0.25) is 10.1 Å². The van der Waals surface area contributed by atoms with Crippen molar-refractivity contribution in [2.45, 2.75) is 26.7 Å². The van der Waals surface area contributed by atoms with Gasteiger partial charge in [-0.05, 0) is 30.0 Å². The Kier molecular flexibility index (Phi) is 7.19. The normalized spacial score (nSPS) is 10.7. The lowest BCUT2D eigenvalue weighted by Gasteiger charge is -2.14. The van der Waals surface area contributed by atoms with E-state index in [0.29, 0.717) is 10.9 Å². The van der Waals surface area contributed by atoms with Crippen LogP contribution in [0.1, 0.15) is 30.9 Å². The van der Waals surface area contributed by atoms with Crippen molar-refractivity contribution in [3.63, 3.8) is 0 Å². The van der Waals surface area contributed by atoms with Gasteiger partial charge in [0.25, 0.3) is 5.91 Å². The zero-order valence-electron chi connectivity index (χ0n) is 17.2. The van der Waals surface area contributed by atoms with Gasteiger partial charge in [0, 0.05) is 10.9 Å². The summed E-state index contributed by atoms with van der Waals surface area (Å²) in [4.78, 5) is 28.4. The summed E-state index contributed by atoms with van der Waals surface area (Å²) < 4.78 is 10.6. The molecule has 30 heavy (non-hydrogen) atoms. The Morgan fingerprint density at radius 1 is 1.10 bits per heavy atom. The molecule has 0 saturated carbocycles. The van der Waals surface area contributed by atoms with Gasteiger partial charge in [0.1, 0.15) is 5.75 Å². The molecule has 3 rings (SSSR count). The molecular weight excluding hydrogens is 400 g/mol. The molecule has 0 saturated heterocycles. The molecule has 7 heteroatoms. The van der Waals surface area contributed by atoms with Crippen LogP contribution < -0.4 is 10.1 Å². The molecule has 1 amide bonds. The van der Waals surface area contributed by atoms with Crippen molar-refractivity contribution in [3.8, 4) is 17.0 Å². The molecule has 1 heterocycles. The average Bonchev–Trinajstić information content (AvgIpc) is 3.19. The fourth-order valence-electron chi connectivity index (χ4n) is 2.80. The van der Waals surface area contributed by atoms with Crippen molar-refractivity contribution in [2.75, 3.05) is 18.5 Å². The van der Waals surface area contributed by atoms with Crippen LogP contribution in [0, 0.1) is 6.92 Å². The number of aromatic nitrogens is 1. The maximum Gasteiger partial charge on any atom is 0.344 e. The summed E-state index contributed by atoms with van der Waals surface area (Å²) in [6.45, 7) is 5.42. The molecule has 0 unspecified atom stereocenters. The molecule has 6 nitrogen and oxygen atoms in total. The molecule has 0 aliphatic rings. The maximum absolute atomic E-state index is 12.1. The number of aryl methyl sites for hydroxylation is 1. The van der Waals surface area contributed by atoms with Gasteiger partial charge in [-0.2, -0.15) is 0 Å². The number of esters is 1. The molecule has 1 N–H and O–H groups in total. The Labute approximate surface area is 179 Å². The molecule has 0 radical (unpaired) electrons. The van der Waals surface area contributed by atoms with Crippen molar-refractivity contribution in [1.29, 1.82) is 0 Å². The average molecular weight is 425 g/mol. The quantitative estimate of drug-likeness (QED) is 0.526. The summed E-state index contributed by atoms with van der Waals surface area (Å²) in [6.07, 6.45) is 0. The predicted molar refractivity (Wildman–Crippen MR) is 118 cm³/mol. The fraction of sp³-hybridized carbons (Fsp3) is 0.261. The van der Waals surface area contributed by atoms with E-state index in [4.69, 9.17) is 9.47 Å². The largest absolute Gasteiger partial charge is 0.482 e. The number of benzene rings is 2. The van der Waals surface area contributed by atoms with E-state index >= 15 is 0 Å². The minimum atomic E-state index is -0.606. The number of amides is 1. The minimum absolute atomic E-state index is 0.258. The highest BCUT2D eigenvalue weighted by Gasteiger charge is 2.13. The molecule has 0 aliphatic heterocycles. The van der Waals surface area contributed by atoms with E-state index in [1.807, 2.05) is 60.8 Å². The maximum atomic E-state index is 12.1. The van der Waals surface area contributed by atoms with E-state index < -0.39 is 18.5 Å². The molecule has 0 atom stereocenters. The number of nitrogens with zero attached hydrogens (tertiary/aromatic N) is 1. The van der Waals surface area contributed by atoms with Gasteiger partial charge >= 0.3 is 5.97 Å². The third-order valence-electron chi connectivity index (χ3n) is 4.32. The summed E-state index contributed by atoms with van der Waals surface area (Å²) in [7, 11) is 0. The van der Waals surface area contributed by atoms with Crippen LogP contribution in [0.4, 0.5) is 5.13 Å². The number of nitrogens with one attached hydrogen (secondary N) is 1. The van der Waals surface area contributed by atoms with E-state index in [-0.39, 0.29) is 12.5 Å². The minimum Gasteiger partial charge on any atom is -0.482 e. The zero-order valence-corrected chi connectivity index (χ0v) is 18.0. The highest BCUT2D eigenvalue weighted by Crippen LogP contribution is 2.27. The standard InChI is InChI=1S/C23H24N2O4S/c1-15(2)18-10-9-16(3)11-20(18)28-13-22(27)29-12-21(26)25-23-24-19(14-30-23)17-7-5-4-6-8-17/h4-11,14-15H,12-13H2,1-3H3,(H,24,25,26). The van der Waals surface area contributed by atoms with Crippen LogP contribution in [0.25, 0.3) is 11.3 Å². The molecular formula is C23H24N2O4S. The van der Waals surface area contributed by atoms with Crippen LogP contribution >= 0.6 is 11.3 Å². The monoisotopic (exact) mass is 424 g/mol. The van der Waals surface area contributed by atoms with Crippen LogP contribution in [0.15, 0.2) is 53.9 Å². The molecule has 0 spiro atoms. The SMILES string of the molecule is Cc1ccc(C(C)C)c(OCC(=O)OCC(=O)Nc2nc(-c3ccccc3)cs2)c1. The number of thiazole rings is 1. The summed E-state index contributed by atoms with van der Waals surface area (Å²) in [6, 6.07) is 15.6. The smallest absolute Gasteiger partial charge is 0.344 e. The number of anilines is 1. The Morgan fingerprint density at radius 3 is 2.60 bits per heavy atom. The Bertz CT molecular complexity index is 1020. The summed E-state index contributed by atoms with van der Waals surface area (Å²) in [5.74, 6) is -0.134. The number of rotatable bonds is 8. The number of ether oxygens (including phenoxy) is 2. The first-order valence-corrected chi connectivity index (χ1v) is 10.5. The Balaban J connectivity index is 1.47. The second-order valence-corrected chi connectivity index (χ2v) is 7.96. The van der Waals surface area contributed by atoms with Gasteiger partial charge in [0.05, 0.1) is 5.69 Å². The van der Waals surface area contributed by atoms with E-state index in [2.05, 4.69) is 24.1 Å². The van der Waals surface area contributed by atoms with Crippen LogP contribution in [0.2, 0.25) is 0 Å². The molecule has 1 aromatic heterocycles. The topological polar surface area (TPSA) is 77.5 Å². The predicted octanol–water partition coefficient (Wildman–Crippen LogP) is 4.80. The van der Waals surface area contributed by atoms with E-state index in [9.17, 15) is 9.59 Å². The molecule has 3 aromatic rings. The van der Waals surface area contributed by atoms with Crippen molar-refractivity contribution in [2.24, 2.45) is 0 Å². The third-order valence-corrected chi connectivity index (χ3v) is 5.08. The van der Waals surface area contributed by atoms with Gasteiger partial charge < -0.3 is 9.47 Å². The van der Waals surface area contributed by atoms with Gasteiger partial charge in [-0.15, -0.1) is 11.3 Å². The van der Waals surface area contributed by atoms with E-state index in [0.717, 1.165) is 22.4 Å². The first-order chi connectivity index (χ1) is 14.4. The van der Waals surface area contributed by atoms with Gasteiger partial charge in [0.2, 0.25) is 0 Å². The zero-order chi connectivity index (χ0) is 21.5. The van der Waals surface area contributed by atoms with Crippen LogP contribution in [0.5, 0.6) is 5.75 Å². The van der Waals surface area contributed by atoms with Gasteiger partial charge in [-0.1, -0.05) is 56.3 Å². The summed E-state index contributed by atoms with van der Waals surface area (Å²) in [5.41, 5.74) is 3.81. The second-order valence-electron chi connectivity index (χ2n) is 7.10. The lowest BCUT2D eigenvalue weighted by Crippen LogP contribution is -2.23. The van der Waals surface area contributed by atoms with Crippen LogP contribution in [-0.2, 0) is 14.3 Å². The highest BCUT2D eigenvalue weighted by atomic mass is 32.1. The van der Waals surface area contributed by atoms with Crippen molar-refractivity contribution in [3.05, 3.63) is 65.0 Å². The fourth-order valence-corrected chi connectivity index (χ4v) is 3.53. The first kappa shape index (κ1) is 21.5. The number of hydrogen-bond acceptors (Lipinski definition) is 6. The van der Waals surface area contributed by atoms with Crippen molar-refractivity contribution >= 4 is 28.3 Å².